The van der Waals surface area contributed by atoms with Gasteiger partial charge in [-0.05, 0) is 58.4 Å². The third-order valence-electron chi connectivity index (χ3n) is 7.57. The second-order valence-corrected chi connectivity index (χ2v) is 10.6. The maximum Gasteiger partial charge on any atom is 0.118 e. The van der Waals surface area contributed by atoms with Crippen LogP contribution in [0.25, 0.3) is 0 Å². The van der Waals surface area contributed by atoms with Gasteiger partial charge in [0.25, 0.3) is 0 Å². The number of aliphatic hydroxyl groups excluding tert-OH is 3. The Morgan fingerprint density at radius 1 is 0.968 bits per heavy atom. The van der Waals surface area contributed by atoms with Crippen molar-refractivity contribution in [2.45, 2.75) is 67.2 Å². The first-order valence-corrected chi connectivity index (χ1v) is 11.2. The van der Waals surface area contributed by atoms with Crippen LogP contribution in [0, 0.1) is 29.1 Å². The molecule has 0 saturated carbocycles. The summed E-state index contributed by atoms with van der Waals surface area (Å²) < 4.78 is 0. The van der Waals surface area contributed by atoms with Crippen molar-refractivity contribution >= 4 is 0 Å². The summed E-state index contributed by atoms with van der Waals surface area (Å²) in [6.45, 7) is 16.6. The van der Waals surface area contributed by atoms with E-state index in [2.05, 4.69) is 41.5 Å². The molecule has 0 bridgehead atoms. The van der Waals surface area contributed by atoms with Crippen molar-refractivity contribution in [2.75, 3.05) is 0 Å². The zero-order chi connectivity index (χ0) is 23.7. The molecule has 1 aliphatic carbocycles. The van der Waals surface area contributed by atoms with Crippen LogP contribution in [-0.4, -0.2) is 20.4 Å². The fourth-order valence-electron chi connectivity index (χ4n) is 4.59. The minimum Gasteiger partial charge on any atom is -0.512 e. The molecule has 4 nitrogen and oxygen atoms in total. The van der Waals surface area contributed by atoms with Crippen LogP contribution in [0.4, 0.5) is 0 Å². The Hall–Kier alpha value is -2.36. The van der Waals surface area contributed by atoms with Gasteiger partial charge in [0.05, 0.1) is 5.76 Å². The lowest BCUT2D eigenvalue weighted by Crippen LogP contribution is -2.37. The van der Waals surface area contributed by atoms with Gasteiger partial charge in [-0.15, -0.1) is 0 Å². The summed E-state index contributed by atoms with van der Waals surface area (Å²) in [5.41, 5.74) is 1.18. The SMILES string of the molecule is CC(C)/C(O)=C\[C@H](C)C(C)C(C)(C)C1=C(O)C=C(O)C(C(C)(C)c2ccc(O)cc2)C1. The highest BCUT2D eigenvalue weighted by atomic mass is 16.3. The molecule has 0 amide bonds. The molecule has 31 heavy (non-hydrogen) atoms. The number of benzene rings is 1. The van der Waals surface area contributed by atoms with Crippen LogP contribution >= 0.6 is 0 Å². The van der Waals surface area contributed by atoms with Gasteiger partial charge in [-0.3, -0.25) is 0 Å². The van der Waals surface area contributed by atoms with Crippen LogP contribution in [0.15, 0.2) is 59.3 Å². The fourth-order valence-corrected chi connectivity index (χ4v) is 4.59. The Labute approximate surface area is 187 Å². The smallest absolute Gasteiger partial charge is 0.118 e. The number of hydrogen-bond acceptors (Lipinski definition) is 4. The first kappa shape index (κ1) is 24.9. The highest BCUT2D eigenvalue weighted by molar-refractivity contribution is 5.38. The number of aliphatic hydroxyl groups is 3. The lowest BCUT2D eigenvalue weighted by Gasteiger charge is -2.43. The van der Waals surface area contributed by atoms with Gasteiger partial charge in [-0.25, -0.2) is 0 Å². The summed E-state index contributed by atoms with van der Waals surface area (Å²) in [4.78, 5) is 0. The maximum atomic E-state index is 10.8. The molecule has 0 fully saturated rings. The van der Waals surface area contributed by atoms with E-state index in [1.807, 2.05) is 32.1 Å². The summed E-state index contributed by atoms with van der Waals surface area (Å²) in [5.74, 6) is 1.05. The Kier molecular flexibility index (Phi) is 7.24. The van der Waals surface area contributed by atoms with E-state index in [0.717, 1.165) is 11.1 Å². The Morgan fingerprint density at radius 3 is 2.03 bits per heavy atom. The van der Waals surface area contributed by atoms with Crippen molar-refractivity contribution in [3.63, 3.8) is 0 Å². The van der Waals surface area contributed by atoms with E-state index in [0.29, 0.717) is 12.2 Å². The minimum atomic E-state index is -0.402. The molecule has 1 aromatic rings. The van der Waals surface area contributed by atoms with Crippen molar-refractivity contribution in [1.82, 2.24) is 0 Å². The molecule has 0 spiro atoms. The summed E-state index contributed by atoms with van der Waals surface area (Å²) in [5, 5.41) is 41.5. The molecule has 3 atom stereocenters. The van der Waals surface area contributed by atoms with Crippen LogP contribution in [0.5, 0.6) is 5.75 Å². The van der Waals surface area contributed by atoms with Gasteiger partial charge >= 0.3 is 0 Å². The number of aromatic hydroxyl groups is 1. The monoisotopic (exact) mass is 428 g/mol. The third kappa shape index (κ3) is 5.11. The summed E-state index contributed by atoms with van der Waals surface area (Å²) >= 11 is 0. The van der Waals surface area contributed by atoms with E-state index in [4.69, 9.17) is 0 Å². The standard InChI is InChI=1S/C27H40O4/c1-16(2)23(29)13-17(3)18(4)26(5,6)21-14-22(25(31)15-24(21)30)27(7,8)19-9-11-20(28)12-10-19/h9-13,15-18,22,28-31H,14H2,1-8H3/b23-13+/t17-,18?,22?/m0/s1. The van der Waals surface area contributed by atoms with Gasteiger partial charge in [0.1, 0.15) is 17.3 Å². The molecule has 0 radical (unpaired) electrons. The van der Waals surface area contributed by atoms with Crippen molar-refractivity contribution in [3.05, 3.63) is 64.8 Å². The molecule has 4 N–H and O–H groups in total. The average molecular weight is 429 g/mol. The van der Waals surface area contributed by atoms with Gasteiger partial charge in [0, 0.05) is 17.9 Å². The molecule has 2 rings (SSSR count). The topological polar surface area (TPSA) is 80.9 Å². The molecular formula is C27H40O4. The van der Waals surface area contributed by atoms with Gasteiger partial charge in [0.2, 0.25) is 0 Å². The van der Waals surface area contributed by atoms with Crippen LogP contribution in [0.2, 0.25) is 0 Å². The molecule has 0 aliphatic heterocycles. The first-order chi connectivity index (χ1) is 14.2. The zero-order valence-electron chi connectivity index (χ0n) is 20.3. The van der Waals surface area contributed by atoms with Crippen LogP contribution in [-0.2, 0) is 5.41 Å². The van der Waals surface area contributed by atoms with E-state index in [1.54, 1.807) is 12.1 Å². The number of hydrogen-bond donors (Lipinski definition) is 4. The predicted molar refractivity (Wildman–Crippen MR) is 127 cm³/mol. The Bertz CT molecular complexity index is 869. The summed E-state index contributed by atoms with van der Waals surface area (Å²) in [7, 11) is 0. The Balaban J connectivity index is 2.39. The highest BCUT2D eigenvalue weighted by Gasteiger charge is 2.43. The van der Waals surface area contributed by atoms with Crippen molar-refractivity contribution in [1.29, 1.82) is 0 Å². The average Bonchev–Trinajstić information content (AvgIpc) is 2.66. The quantitative estimate of drug-likeness (QED) is 0.342. The van der Waals surface area contributed by atoms with E-state index in [1.165, 1.54) is 6.08 Å². The van der Waals surface area contributed by atoms with Gasteiger partial charge < -0.3 is 20.4 Å². The van der Waals surface area contributed by atoms with Crippen LogP contribution < -0.4 is 0 Å². The van der Waals surface area contributed by atoms with Crippen molar-refractivity contribution in [3.8, 4) is 5.75 Å². The van der Waals surface area contributed by atoms with E-state index in [-0.39, 0.29) is 46.4 Å². The molecular weight excluding hydrogens is 388 g/mol. The summed E-state index contributed by atoms with van der Waals surface area (Å²) in [6, 6.07) is 7.10. The molecule has 1 aliphatic rings. The van der Waals surface area contributed by atoms with Crippen LogP contribution in [0.1, 0.15) is 67.4 Å². The van der Waals surface area contributed by atoms with E-state index < -0.39 is 5.41 Å². The number of allylic oxidation sites excluding steroid dienone is 5. The lowest BCUT2D eigenvalue weighted by atomic mass is 9.61. The maximum absolute atomic E-state index is 10.8. The fraction of sp³-hybridized carbons (Fsp3) is 0.556. The molecule has 0 saturated heterocycles. The lowest BCUT2D eigenvalue weighted by molar-refractivity contribution is 0.179. The third-order valence-corrected chi connectivity index (χ3v) is 7.57. The number of rotatable bonds is 7. The van der Waals surface area contributed by atoms with Gasteiger partial charge in [0.15, 0.2) is 0 Å². The van der Waals surface area contributed by atoms with Crippen molar-refractivity contribution in [2.24, 2.45) is 29.1 Å². The first-order valence-electron chi connectivity index (χ1n) is 11.2. The molecule has 2 unspecified atom stereocenters. The second-order valence-electron chi connectivity index (χ2n) is 10.6. The second kappa shape index (κ2) is 9.02. The summed E-state index contributed by atoms with van der Waals surface area (Å²) in [6.07, 6.45) is 3.95. The normalized spacial score (nSPS) is 20.6. The van der Waals surface area contributed by atoms with E-state index >= 15 is 0 Å². The minimum absolute atomic E-state index is 0.0791. The molecule has 0 heterocycles. The van der Waals surface area contributed by atoms with Gasteiger partial charge in [-0.1, -0.05) is 67.5 Å². The molecule has 0 aromatic heterocycles. The molecule has 172 valence electrons. The largest absolute Gasteiger partial charge is 0.512 e. The van der Waals surface area contributed by atoms with E-state index in [9.17, 15) is 20.4 Å². The molecule has 4 heteroatoms. The number of phenols is 1. The zero-order valence-corrected chi connectivity index (χ0v) is 20.3. The Morgan fingerprint density at radius 2 is 1.52 bits per heavy atom. The van der Waals surface area contributed by atoms with Crippen molar-refractivity contribution < 1.29 is 20.4 Å². The highest BCUT2D eigenvalue weighted by Crippen LogP contribution is 2.50. The van der Waals surface area contributed by atoms with Gasteiger partial charge in [-0.2, -0.15) is 0 Å². The number of phenolic OH excluding ortho intramolecular Hbond substituents is 1. The predicted octanol–water partition coefficient (Wildman–Crippen LogP) is 7.34. The molecule has 1 aromatic carbocycles. The van der Waals surface area contributed by atoms with Crippen LogP contribution in [0.3, 0.4) is 0 Å².